The summed E-state index contributed by atoms with van der Waals surface area (Å²) in [6.07, 6.45) is 4.92. The second-order valence-electron chi connectivity index (χ2n) is 4.02. The number of nitrogens with zero attached hydrogens (tertiary/aromatic N) is 1. The van der Waals surface area contributed by atoms with Crippen LogP contribution < -0.4 is 5.32 Å². The average molecular weight is 222 g/mol. The highest BCUT2D eigenvalue weighted by molar-refractivity contribution is 5.12. The lowest BCUT2D eigenvalue weighted by Gasteiger charge is -2.24. The summed E-state index contributed by atoms with van der Waals surface area (Å²) in [5.41, 5.74) is 1.20. The number of ether oxygens (including phenoxy) is 2. The Bertz CT molecular complexity index is 299. The lowest BCUT2D eigenvalue weighted by Crippen LogP contribution is -2.35. The molecule has 0 aromatic carbocycles. The van der Waals surface area contributed by atoms with E-state index in [0.29, 0.717) is 12.8 Å². The Morgan fingerprint density at radius 2 is 2.56 bits per heavy atom. The molecule has 1 aromatic rings. The van der Waals surface area contributed by atoms with E-state index in [1.165, 1.54) is 5.56 Å². The van der Waals surface area contributed by atoms with Gasteiger partial charge in [0.1, 0.15) is 6.79 Å². The number of pyridine rings is 1. The topological polar surface area (TPSA) is 43.4 Å². The van der Waals surface area contributed by atoms with Crippen molar-refractivity contribution in [3.63, 3.8) is 0 Å². The van der Waals surface area contributed by atoms with Crippen LogP contribution in [0.3, 0.4) is 0 Å². The number of rotatable bonds is 4. The van der Waals surface area contributed by atoms with Gasteiger partial charge in [0, 0.05) is 25.0 Å². The molecule has 1 aliphatic heterocycles. The normalized spacial score (nSPS) is 22.9. The molecule has 1 saturated heterocycles. The maximum atomic E-state index is 5.46. The van der Waals surface area contributed by atoms with Crippen molar-refractivity contribution in [1.82, 2.24) is 10.3 Å². The number of hydrogen-bond acceptors (Lipinski definition) is 4. The Balaban J connectivity index is 1.77. The predicted molar refractivity (Wildman–Crippen MR) is 61.0 cm³/mol. The highest BCUT2D eigenvalue weighted by Gasteiger charge is 2.15. The van der Waals surface area contributed by atoms with E-state index in [9.17, 15) is 0 Å². The number of aromatic nitrogens is 1. The summed E-state index contributed by atoms with van der Waals surface area (Å²) in [6, 6.07) is 4.34. The number of nitrogens with one attached hydrogen (secondary N) is 1. The molecule has 4 nitrogen and oxygen atoms in total. The monoisotopic (exact) mass is 222 g/mol. The van der Waals surface area contributed by atoms with Gasteiger partial charge in [0.2, 0.25) is 0 Å². The Hall–Kier alpha value is -0.970. The second-order valence-corrected chi connectivity index (χ2v) is 4.02. The van der Waals surface area contributed by atoms with Gasteiger partial charge in [-0.15, -0.1) is 0 Å². The molecule has 2 rings (SSSR count). The van der Waals surface area contributed by atoms with E-state index in [4.69, 9.17) is 9.47 Å². The third-order valence-electron chi connectivity index (χ3n) is 2.81. The quantitative estimate of drug-likeness (QED) is 0.838. The summed E-state index contributed by atoms with van der Waals surface area (Å²) in [5, 5.41) is 3.45. The molecule has 1 aliphatic rings. The van der Waals surface area contributed by atoms with E-state index in [2.05, 4.69) is 23.3 Å². The van der Waals surface area contributed by atoms with Crippen LogP contribution in [-0.2, 0) is 9.47 Å². The summed E-state index contributed by atoms with van der Waals surface area (Å²) in [7, 11) is 0. The molecule has 0 saturated carbocycles. The molecule has 0 radical (unpaired) electrons. The van der Waals surface area contributed by atoms with Crippen LogP contribution in [-0.4, -0.2) is 31.0 Å². The lowest BCUT2D eigenvalue weighted by molar-refractivity contribution is -0.137. The fourth-order valence-electron chi connectivity index (χ4n) is 1.72. The van der Waals surface area contributed by atoms with Gasteiger partial charge in [0.05, 0.1) is 12.7 Å². The van der Waals surface area contributed by atoms with Crippen LogP contribution in [0.4, 0.5) is 0 Å². The van der Waals surface area contributed by atoms with Crippen molar-refractivity contribution in [3.05, 3.63) is 30.1 Å². The fraction of sp³-hybridized carbons (Fsp3) is 0.583. The molecular weight excluding hydrogens is 204 g/mol. The second kappa shape index (κ2) is 5.94. The minimum Gasteiger partial charge on any atom is -0.355 e. The van der Waals surface area contributed by atoms with Crippen molar-refractivity contribution in [3.8, 4) is 0 Å². The molecule has 88 valence electrons. The van der Waals surface area contributed by atoms with Crippen LogP contribution >= 0.6 is 0 Å². The van der Waals surface area contributed by atoms with Crippen LogP contribution in [0.1, 0.15) is 24.9 Å². The summed E-state index contributed by atoms with van der Waals surface area (Å²) >= 11 is 0. The average Bonchev–Trinajstić information content (AvgIpc) is 2.38. The summed E-state index contributed by atoms with van der Waals surface area (Å²) < 4.78 is 10.6. The minimum absolute atomic E-state index is 0.271. The van der Waals surface area contributed by atoms with Gasteiger partial charge in [-0.3, -0.25) is 4.98 Å². The first-order chi connectivity index (χ1) is 7.86. The molecule has 16 heavy (non-hydrogen) atoms. The summed E-state index contributed by atoms with van der Waals surface area (Å²) in [5.74, 6) is 0. The summed E-state index contributed by atoms with van der Waals surface area (Å²) in [6.45, 7) is 4.22. The molecule has 1 N–H and O–H groups in total. The maximum absolute atomic E-state index is 5.46. The zero-order valence-electron chi connectivity index (χ0n) is 9.56. The van der Waals surface area contributed by atoms with E-state index >= 15 is 0 Å². The van der Waals surface area contributed by atoms with Crippen molar-refractivity contribution in [2.75, 3.05) is 19.9 Å². The number of hydrogen-bond donors (Lipinski definition) is 1. The van der Waals surface area contributed by atoms with Crippen molar-refractivity contribution in [2.45, 2.75) is 25.5 Å². The van der Waals surface area contributed by atoms with Gasteiger partial charge < -0.3 is 14.8 Å². The molecule has 4 heteroatoms. The van der Waals surface area contributed by atoms with Crippen LogP contribution in [0.15, 0.2) is 24.5 Å². The van der Waals surface area contributed by atoms with E-state index in [-0.39, 0.29) is 6.10 Å². The first-order valence-electron chi connectivity index (χ1n) is 5.69. The highest BCUT2D eigenvalue weighted by Crippen LogP contribution is 2.11. The molecule has 2 atom stereocenters. The van der Waals surface area contributed by atoms with E-state index in [1.54, 1.807) is 6.20 Å². The fourth-order valence-corrected chi connectivity index (χ4v) is 1.72. The van der Waals surface area contributed by atoms with Gasteiger partial charge in [0.15, 0.2) is 0 Å². The van der Waals surface area contributed by atoms with Crippen molar-refractivity contribution >= 4 is 0 Å². The van der Waals surface area contributed by atoms with Gasteiger partial charge in [-0.05, 0) is 25.0 Å². The molecule has 0 spiro atoms. The third kappa shape index (κ3) is 3.27. The standard InChI is InChI=1S/C12H18N2O2/c1-10(11-3-2-5-13-7-11)14-8-12-4-6-15-9-16-12/h2-3,5,7,10,12,14H,4,6,8-9H2,1H3/t10-,12?/m1/s1. The van der Waals surface area contributed by atoms with Crippen molar-refractivity contribution in [1.29, 1.82) is 0 Å². The molecule has 0 bridgehead atoms. The zero-order valence-corrected chi connectivity index (χ0v) is 9.56. The van der Waals surface area contributed by atoms with Crippen LogP contribution in [0, 0.1) is 0 Å². The van der Waals surface area contributed by atoms with Gasteiger partial charge in [-0.25, -0.2) is 0 Å². The largest absolute Gasteiger partial charge is 0.355 e. The van der Waals surface area contributed by atoms with Gasteiger partial charge in [-0.2, -0.15) is 0 Å². The molecule has 2 heterocycles. The smallest absolute Gasteiger partial charge is 0.147 e. The Morgan fingerprint density at radius 3 is 3.25 bits per heavy atom. The molecule has 1 unspecified atom stereocenters. The van der Waals surface area contributed by atoms with Crippen LogP contribution in [0.25, 0.3) is 0 Å². The Labute approximate surface area is 96.0 Å². The van der Waals surface area contributed by atoms with Gasteiger partial charge in [0.25, 0.3) is 0 Å². The maximum Gasteiger partial charge on any atom is 0.147 e. The minimum atomic E-state index is 0.271. The lowest BCUT2D eigenvalue weighted by atomic mass is 10.1. The van der Waals surface area contributed by atoms with Crippen LogP contribution in [0.2, 0.25) is 0 Å². The first kappa shape index (κ1) is 11.5. The molecular formula is C12H18N2O2. The summed E-state index contributed by atoms with van der Waals surface area (Å²) in [4.78, 5) is 4.11. The molecule has 1 aromatic heterocycles. The van der Waals surface area contributed by atoms with Crippen molar-refractivity contribution < 1.29 is 9.47 Å². The molecule has 1 fully saturated rings. The van der Waals surface area contributed by atoms with E-state index in [0.717, 1.165) is 19.6 Å². The third-order valence-corrected chi connectivity index (χ3v) is 2.81. The van der Waals surface area contributed by atoms with Gasteiger partial charge in [-0.1, -0.05) is 6.07 Å². The Morgan fingerprint density at radius 1 is 1.62 bits per heavy atom. The van der Waals surface area contributed by atoms with E-state index in [1.807, 2.05) is 12.3 Å². The van der Waals surface area contributed by atoms with E-state index < -0.39 is 0 Å². The Kier molecular flexibility index (Phi) is 4.27. The van der Waals surface area contributed by atoms with Crippen LogP contribution in [0.5, 0.6) is 0 Å². The highest BCUT2D eigenvalue weighted by atomic mass is 16.7. The predicted octanol–water partition coefficient (Wildman–Crippen LogP) is 1.50. The molecule has 0 aliphatic carbocycles. The first-order valence-corrected chi connectivity index (χ1v) is 5.69. The zero-order chi connectivity index (χ0) is 11.2. The van der Waals surface area contributed by atoms with Gasteiger partial charge >= 0.3 is 0 Å². The molecule has 0 amide bonds. The SMILES string of the molecule is C[C@@H](NCC1CCOCO1)c1cccnc1. The van der Waals surface area contributed by atoms with Crippen molar-refractivity contribution in [2.24, 2.45) is 0 Å².